The summed E-state index contributed by atoms with van der Waals surface area (Å²) in [6.07, 6.45) is 6.55. The smallest absolute Gasteiger partial charge is 0.223 e. The summed E-state index contributed by atoms with van der Waals surface area (Å²) in [7, 11) is 0. The van der Waals surface area contributed by atoms with E-state index in [-0.39, 0.29) is 0 Å². The first-order valence-electron chi connectivity index (χ1n) is 8.77. The van der Waals surface area contributed by atoms with Crippen LogP contribution in [-0.2, 0) is 6.54 Å². The molecule has 1 saturated heterocycles. The maximum Gasteiger partial charge on any atom is 0.223 e. The van der Waals surface area contributed by atoms with Gasteiger partial charge in [0.25, 0.3) is 0 Å². The zero-order chi connectivity index (χ0) is 16.5. The van der Waals surface area contributed by atoms with Crippen molar-refractivity contribution in [2.75, 3.05) is 18.0 Å². The zero-order valence-electron chi connectivity index (χ0n) is 14.4. The number of aryl methyl sites for hydroxylation is 2. The molecular weight excluding hydrogens is 304 g/mol. The van der Waals surface area contributed by atoms with Gasteiger partial charge in [0.1, 0.15) is 12.1 Å². The van der Waals surface area contributed by atoms with Gasteiger partial charge in [0.05, 0.1) is 6.54 Å². The minimum atomic E-state index is 0.565. The molecule has 0 N–H and O–H groups in total. The third-order valence-corrected chi connectivity index (χ3v) is 4.88. The Balaban J connectivity index is 1.40. The fraction of sp³-hybridized carbons (Fsp3) is 0.647. The quantitative estimate of drug-likeness (QED) is 0.832. The number of nitrogens with zero attached hydrogens (tertiary/aromatic N) is 6. The van der Waals surface area contributed by atoms with Crippen molar-refractivity contribution in [3.05, 3.63) is 29.8 Å². The van der Waals surface area contributed by atoms with Gasteiger partial charge >= 0.3 is 0 Å². The van der Waals surface area contributed by atoms with Crippen molar-refractivity contribution in [3.8, 4) is 0 Å². The molecule has 1 aliphatic heterocycles. The number of anilines is 1. The van der Waals surface area contributed by atoms with E-state index in [0.717, 1.165) is 49.8 Å². The Bertz CT molecular complexity index is 690. The predicted molar refractivity (Wildman–Crippen MR) is 89.6 cm³/mol. The molecule has 7 nitrogen and oxygen atoms in total. The van der Waals surface area contributed by atoms with E-state index in [2.05, 4.69) is 36.0 Å². The Hall–Kier alpha value is -2.02. The molecule has 0 radical (unpaired) electrons. The van der Waals surface area contributed by atoms with Crippen molar-refractivity contribution >= 4 is 5.82 Å². The maximum atomic E-state index is 5.06. The van der Waals surface area contributed by atoms with Crippen LogP contribution in [0.3, 0.4) is 0 Å². The van der Waals surface area contributed by atoms with E-state index in [9.17, 15) is 0 Å². The van der Waals surface area contributed by atoms with Gasteiger partial charge in [-0.15, -0.1) is 0 Å². The molecule has 7 heteroatoms. The molecule has 24 heavy (non-hydrogen) atoms. The topological polar surface area (TPSA) is 71.2 Å². The first-order chi connectivity index (χ1) is 11.7. The molecule has 2 aromatic rings. The second kappa shape index (κ2) is 6.47. The average molecular weight is 328 g/mol. The lowest BCUT2D eigenvalue weighted by Gasteiger charge is -2.39. The molecule has 128 valence electrons. The lowest BCUT2D eigenvalue weighted by Crippen LogP contribution is -2.46. The normalized spacial score (nSPS) is 19.6. The first-order valence-corrected chi connectivity index (χ1v) is 8.77. The summed E-state index contributed by atoms with van der Waals surface area (Å²) < 4.78 is 5.06. The molecule has 0 bridgehead atoms. The van der Waals surface area contributed by atoms with Crippen LogP contribution in [0.15, 0.2) is 16.9 Å². The summed E-state index contributed by atoms with van der Waals surface area (Å²) in [6, 6.07) is 3.35. The van der Waals surface area contributed by atoms with Gasteiger partial charge in [0.15, 0.2) is 5.82 Å². The number of rotatable bonds is 5. The van der Waals surface area contributed by atoms with Crippen LogP contribution in [0.1, 0.15) is 43.1 Å². The minimum absolute atomic E-state index is 0.565. The summed E-state index contributed by atoms with van der Waals surface area (Å²) in [5.74, 6) is 2.52. The molecule has 0 atom stereocenters. The Morgan fingerprint density at radius 2 is 1.88 bits per heavy atom. The summed E-state index contributed by atoms with van der Waals surface area (Å²) in [5, 5.41) is 4.00. The Kier molecular flexibility index (Phi) is 4.18. The molecule has 2 fully saturated rings. The minimum Gasteiger partial charge on any atom is -0.350 e. The lowest BCUT2D eigenvalue weighted by molar-refractivity contribution is 0.194. The highest BCUT2D eigenvalue weighted by Gasteiger charge is 2.36. The van der Waals surface area contributed by atoms with Gasteiger partial charge in [-0.3, -0.25) is 4.90 Å². The first kappa shape index (κ1) is 15.5. The van der Waals surface area contributed by atoms with Crippen molar-refractivity contribution in [2.45, 2.75) is 58.2 Å². The molecular formula is C17H24N6O. The van der Waals surface area contributed by atoms with Crippen LogP contribution in [0.2, 0.25) is 0 Å². The van der Waals surface area contributed by atoms with Crippen LogP contribution < -0.4 is 4.90 Å². The third-order valence-electron chi connectivity index (χ3n) is 4.88. The molecule has 0 aromatic carbocycles. The van der Waals surface area contributed by atoms with E-state index < -0.39 is 0 Å². The summed E-state index contributed by atoms with van der Waals surface area (Å²) in [5.41, 5.74) is 1.04. The summed E-state index contributed by atoms with van der Waals surface area (Å²) >= 11 is 0. The van der Waals surface area contributed by atoms with E-state index in [1.165, 1.54) is 12.8 Å². The highest BCUT2D eigenvalue weighted by Crippen LogP contribution is 2.35. The van der Waals surface area contributed by atoms with Gasteiger partial charge in [-0.1, -0.05) is 5.16 Å². The molecule has 2 aliphatic rings. The SMILES string of the molecule is Cc1cc(N(C2CC2)C2CCN(Cc3noc(C)n3)CC2)ncn1. The van der Waals surface area contributed by atoms with Gasteiger partial charge in [0, 0.05) is 43.9 Å². The van der Waals surface area contributed by atoms with E-state index in [4.69, 9.17) is 4.52 Å². The van der Waals surface area contributed by atoms with Crippen molar-refractivity contribution in [1.82, 2.24) is 25.0 Å². The van der Waals surface area contributed by atoms with Gasteiger partial charge < -0.3 is 9.42 Å². The molecule has 0 unspecified atom stereocenters. The predicted octanol–water partition coefficient (Wildman–Crippen LogP) is 2.11. The number of hydrogen-bond acceptors (Lipinski definition) is 7. The van der Waals surface area contributed by atoms with Gasteiger partial charge in [-0.05, 0) is 32.6 Å². The van der Waals surface area contributed by atoms with Crippen LogP contribution >= 0.6 is 0 Å². The van der Waals surface area contributed by atoms with E-state index in [1.807, 2.05) is 13.8 Å². The molecule has 3 heterocycles. The second-order valence-electron chi connectivity index (χ2n) is 6.89. The summed E-state index contributed by atoms with van der Waals surface area (Å²) in [6.45, 7) is 6.77. The largest absolute Gasteiger partial charge is 0.350 e. The van der Waals surface area contributed by atoms with Crippen molar-refractivity contribution in [3.63, 3.8) is 0 Å². The number of likely N-dealkylation sites (tertiary alicyclic amines) is 1. The standard InChI is InChI=1S/C17H24N6O/c1-12-9-17(19-11-18-12)23(14-3-4-14)15-5-7-22(8-6-15)10-16-20-13(2)24-21-16/h9,11,14-15H,3-8,10H2,1-2H3. The van der Waals surface area contributed by atoms with Gasteiger partial charge in [0.2, 0.25) is 5.89 Å². The van der Waals surface area contributed by atoms with Crippen LogP contribution in [0, 0.1) is 13.8 Å². The highest BCUT2D eigenvalue weighted by molar-refractivity contribution is 5.43. The van der Waals surface area contributed by atoms with E-state index in [1.54, 1.807) is 6.33 Å². The van der Waals surface area contributed by atoms with E-state index in [0.29, 0.717) is 18.0 Å². The third kappa shape index (κ3) is 3.40. The molecule has 0 amide bonds. The molecule has 2 aromatic heterocycles. The summed E-state index contributed by atoms with van der Waals surface area (Å²) in [4.78, 5) is 18.0. The fourth-order valence-electron chi connectivity index (χ4n) is 3.57. The highest BCUT2D eigenvalue weighted by atomic mass is 16.5. The lowest BCUT2D eigenvalue weighted by atomic mass is 10.0. The van der Waals surface area contributed by atoms with Crippen LogP contribution in [0.5, 0.6) is 0 Å². The molecule has 1 saturated carbocycles. The average Bonchev–Trinajstić information content (AvgIpc) is 3.32. The number of aromatic nitrogens is 4. The molecule has 4 rings (SSSR count). The van der Waals surface area contributed by atoms with Crippen LogP contribution in [0.25, 0.3) is 0 Å². The Morgan fingerprint density at radius 1 is 1.12 bits per heavy atom. The fourth-order valence-corrected chi connectivity index (χ4v) is 3.57. The number of hydrogen-bond donors (Lipinski definition) is 0. The molecule has 0 spiro atoms. The second-order valence-corrected chi connectivity index (χ2v) is 6.89. The monoisotopic (exact) mass is 328 g/mol. The van der Waals surface area contributed by atoms with Crippen molar-refractivity contribution in [2.24, 2.45) is 0 Å². The van der Waals surface area contributed by atoms with Gasteiger partial charge in [-0.2, -0.15) is 4.98 Å². The van der Waals surface area contributed by atoms with Crippen molar-refractivity contribution < 1.29 is 4.52 Å². The Labute approximate surface area is 142 Å². The van der Waals surface area contributed by atoms with Crippen LogP contribution in [-0.4, -0.2) is 50.2 Å². The Morgan fingerprint density at radius 3 is 2.50 bits per heavy atom. The number of piperidine rings is 1. The maximum absolute atomic E-state index is 5.06. The van der Waals surface area contributed by atoms with Crippen molar-refractivity contribution in [1.29, 1.82) is 0 Å². The van der Waals surface area contributed by atoms with Crippen LogP contribution in [0.4, 0.5) is 5.82 Å². The zero-order valence-corrected chi connectivity index (χ0v) is 14.4. The molecule has 1 aliphatic carbocycles. The van der Waals surface area contributed by atoms with E-state index >= 15 is 0 Å². The van der Waals surface area contributed by atoms with Gasteiger partial charge in [-0.25, -0.2) is 9.97 Å².